The SMILES string of the molecule is COC(=O)COc1ccc2c(c1)OC(=Cc1ccc(Cl)cc1Cl)C2=O. The van der Waals surface area contributed by atoms with Crippen molar-refractivity contribution in [3.05, 3.63) is 63.3 Å². The van der Waals surface area contributed by atoms with Crippen LogP contribution in [0.5, 0.6) is 11.5 Å². The Hall–Kier alpha value is -2.50. The first-order valence-corrected chi connectivity index (χ1v) is 7.96. The van der Waals surface area contributed by atoms with Crippen LogP contribution in [0.15, 0.2) is 42.2 Å². The minimum atomic E-state index is -0.504. The number of hydrogen-bond donors (Lipinski definition) is 0. The maximum Gasteiger partial charge on any atom is 0.343 e. The molecule has 0 saturated heterocycles. The number of rotatable bonds is 4. The van der Waals surface area contributed by atoms with Crippen molar-refractivity contribution in [2.45, 2.75) is 0 Å². The number of carbonyl (C=O) groups excluding carboxylic acids is 2. The molecule has 1 aliphatic heterocycles. The van der Waals surface area contributed by atoms with Gasteiger partial charge in [0.05, 0.1) is 12.7 Å². The first-order valence-electron chi connectivity index (χ1n) is 7.21. The Morgan fingerprint density at radius 1 is 1.20 bits per heavy atom. The second-order valence-electron chi connectivity index (χ2n) is 5.13. The minimum absolute atomic E-state index is 0.143. The van der Waals surface area contributed by atoms with Crippen LogP contribution in [0.4, 0.5) is 0 Å². The zero-order valence-electron chi connectivity index (χ0n) is 13.0. The Morgan fingerprint density at radius 3 is 2.72 bits per heavy atom. The van der Waals surface area contributed by atoms with E-state index in [9.17, 15) is 9.59 Å². The third kappa shape index (κ3) is 3.78. The molecule has 0 amide bonds. The van der Waals surface area contributed by atoms with Gasteiger partial charge in [0.1, 0.15) is 11.5 Å². The molecule has 5 nitrogen and oxygen atoms in total. The van der Waals surface area contributed by atoms with E-state index in [-0.39, 0.29) is 18.1 Å². The Bertz CT molecular complexity index is 889. The smallest absolute Gasteiger partial charge is 0.343 e. The lowest BCUT2D eigenvalue weighted by atomic mass is 10.1. The third-order valence-corrected chi connectivity index (χ3v) is 4.04. The molecule has 0 aliphatic carbocycles. The summed E-state index contributed by atoms with van der Waals surface area (Å²) in [6.07, 6.45) is 1.55. The van der Waals surface area contributed by atoms with Gasteiger partial charge in [-0.2, -0.15) is 0 Å². The third-order valence-electron chi connectivity index (χ3n) is 3.47. The van der Waals surface area contributed by atoms with E-state index in [4.69, 9.17) is 32.7 Å². The number of ketones is 1. The van der Waals surface area contributed by atoms with Crippen LogP contribution in [0.1, 0.15) is 15.9 Å². The summed E-state index contributed by atoms with van der Waals surface area (Å²) in [7, 11) is 1.27. The van der Waals surface area contributed by atoms with E-state index in [0.717, 1.165) is 0 Å². The second-order valence-corrected chi connectivity index (χ2v) is 5.97. The van der Waals surface area contributed by atoms with Crippen molar-refractivity contribution in [2.75, 3.05) is 13.7 Å². The van der Waals surface area contributed by atoms with Crippen molar-refractivity contribution in [1.29, 1.82) is 0 Å². The van der Waals surface area contributed by atoms with Gasteiger partial charge in [-0.3, -0.25) is 4.79 Å². The molecule has 7 heteroatoms. The average molecular weight is 379 g/mol. The van der Waals surface area contributed by atoms with Crippen molar-refractivity contribution < 1.29 is 23.8 Å². The van der Waals surface area contributed by atoms with Gasteiger partial charge in [-0.25, -0.2) is 4.79 Å². The van der Waals surface area contributed by atoms with Crippen molar-refractivity contribution in [2.24, 2.45) is 0 Å². The van der Waals surface area contributed by atoms with Crippen LogP contribution < -0.4 is 9.47 Å². The van der Waals surface area contributed by atoms with Gasteiger partial charge in [0.2, 0.25) is 5.78 Å². The summed E-state index contributed by atoms with van der Waals surface area (Å²) in [6, 6.07) is 9.66. The summed E-state index contributed by atoms with van der Waals surface area (Å²) >= 11 is 12.0. The lowest BCUT2D eigenvalue weighted by Crippen LogP contribution is -2.12. The summed E-state index contributed by atoms with van der Waals surface area (Å²) in [5, 5.41) is 0.913. The zero-order chi connectivity index (χ0) is 18.0. The van der Waals surface area contributed by atoms with Crippen LogP contribution in [-0.4, -0.2) is 25.5 Å². The van der Waals surface area contributed by atoms with E-state index in [2.05, 4.69) is 4.74 Å². The van der Waals surface area contributed by atoms with E-state index in [1.54, 1.807) is 42.5 Å². The van der Waals surface area contributed by atoms with Crippen molar-refractivity contribution >= 4 is 41.0 Å². The van der Waals surface area contributed by atoms with Gasteiger partial charge in [0.25, 0.3) is 0 Å². The summed E-state index contributed by atoms with van der Waals surface area (Å²) in [4.78, 5) is 23.5. The maximum absolute atomic E-state index is 12.4. The summed E-state index contributed by atoms with van der Waals surface area (Å²) < 4.78 is 15.4. The molecule has 0 spiro atoms. The highest BCUT2D eigenvalue weighted by Crippen LogP contribution is 2.35. The molecule has 25 heavy (non-hydrogen) atoms. The number of hydrogen-bond acceptors (Lipinski definition) is 5. The van der Waals surface area contributed by atoms with Crippen molar-refractivity contribution in [1.82, 2.24) is 0 Å². The molecule has 2 aromatic rings. The molecular weight excluding hydrogens is 367 g/mol. The van der Waals surface area contributed by atoms with E-state index >= 15 is 0 Å². The first kappa shape index (κ1) is 17.3. The van der Waals surface area contributed by atoms with E-state index in [0.29, 0.717) is 32.7 Å². The number of carbonyl (C=O) groups is 2. The summed E-state index contributed by atoms with van der Waals surface area (Å²) in [5.41, 5.74) is 1.02. The first-order chi connectivity index (χ1) is 12.0. The number of allylic oxidation sites excluding steroid dienone is 1. The molecule has 3 rings (SSSR count). The molecule has 128 valence electrons. The highest BCUT2D eigenvalue weighted by atomic mass is 35.5. The predicted octanol–water partition coefficient (Wildman–Crippen LogP) is 4.16. The number of esters is 1. The highest BCUT2D eigenvalue weighted by molar-refractivity contribution is 6.35. The van der Waals surface area contributed by atoms with Gasteiger partial charge >= 0.3 is 5.97 Å². The number of benzene rings is 2. The van der Waals surface area contributed by atoms with Gasteiger partial charge in [-0.15, -0.1) is 0 Å². The van der Waals surface area contributed by atoms with Gasteiger partial charge in [0, 0.05) is 16.1 Å². The van der Waals surface area contributed by atoms with Gasteiger partial charge < -0.3 is 14.2 Å². The molecule has 0 fully saturated rings. The quantitative estimate of drug-likeness (QED) is 0.590. The molecule has 2 aromatic carbocycles. The number of fused-ring (bicyclic) bond motifs is 1. The van der Waals surface area contributed by atoms with Crippen LogP contribution in [0.25, 0.3) is 6.08 Å². The number of Topliss-reactive ketones (excluding diaryl/α,β-unsaturated/α-hetero) is 1. The van der Waals surface area contributed by atoms with Gasteiger partial charge in [0.15, 0.2) is 12.4 Å². The Labute approximate surface area is 153 Å². The standard InChI is InChI=1S/C18H12Cl2O5/c1-23-17(21)9-24-12-4-5-13-15(8-12)25-16(18(13)22)6-10-2-3-11(19)7-14(10)20/h2-8H,9H2,1H3. The fourth-order valence-corrected chi connectivity index (χ4v) is 2.68. The lowest BCUT2D eigenvalue weighted by Gasteiger charge is -2.05. The van der Waals surface area contributed by atoms with Gasteiger partial charge in [-0.05, 0) is 35.9 Å². The zero-order valence-corrected chi connectivity index (χ0v) is 14.6. The predicted molar refractivity (Wildman–Crippen MR) is 93.4 cm³/mol. The molecule has 0 bridgehead atoms. The molecule has 0 aromatic heterocycles. The molecule has 0 N–H and O–H groups in total. The fourth-order valence-electron chi connectivity index (χ4n) is 2.22. The second kappa shape index (κ2) is 7.17. The molecule has 0 radical (unpaired) electrons. The molecule has 0 atom stereocenters. The maximum atomic E-state index is 12.4. The largest absolute Gasteiger partial charge is 0.482 e. The average Bonchev–Trinajstić information content (AvgIpc) is 2.90. The Balaban J connectivity index is 1.83. The van der Waals surface area contributed by atoms with Crippen molar-refractivity contribution in [3.63, 3.8) is 0 Å². The summed E-state index contributed by atoms with van der Waals surface area (Å²) in [5.74, 6) is 0.117. The van der Waals surface area contributed by atoms with E-state index in [1.165, 1.54) is 7.11 Å². The molecule has 0 saturated carbocycles. The van der Waals surface area contributed by atoms with Crippen LogP contribution in [-0.2, 0) is 9.53 Å². The topological polar surface area (TPSA) is 61.8 Å². The van der Waals surface area contributed by atoms with Crippen LogP contribution in [0, 0.1) is 0 Å². The number of halogens is 2. The van der Waals surface area contributed by atoms with E-state index < -0.39 is 5.97 Å². The Morgan fingerprint density at radius 2 is 2.00 bits per heavy atom. The lowest BCUT2D eigenvalue weighted by molar-refractivity contribution is -0.142. The normalized spacial score (nSPS) is 14.2. The van der Waals surface area contributed by atoms with Gasteiger partial charge in [-0.1, -0.05) is 29.3 Å². The number of ether oxygens (including phenoxy) is 3. The fraction of sp³-hybridized carbons (Fsp3) is 0.111. The summed E-state index contributed by atoms with van der Waals surface area (Å²) in [6.45, 7) is -0.230. The monoisotopic (exact) mass is 378 g/mol. The highest BCUT2D eigenvalue weighted by Gasteiger charge is 2.28. The molecule has 0 unspecified atom stereocenters. The van der Waals surface area contributed by atoms with Crippen molar-refractivity contribution in [3.8, 4) is 11.5 Å². The Kier molecular flexibility index (Phi) is 4.97. The van der Waals surface area contributed by atoms with Crippen LogP contribution in [0.2, 0.25) is 10.0 Å². The minimum Gasteiger partial charge on any atom is -0.482 e. The van der Waals surface area contributed by atoms with Crippen LogP contribution in [0.3, 0.4) is 0 Å². The number of methoxy groups -OCH3 is 1. The molecule has 1 heterocycles. The van der Waals surface area contributed by atoms with Crippen LogP contribution >= 0.6 is 23.2 Å². The molecule has 1 aliphatic rings. The molecular formula is C18H12Cl2O5. The van der Waals surface area contributed by atoms with E-state index in [1.807, 2.05) is 0 Å².